The number of nitro benzene ring substituents is 1. The molecule has 0 amide bonds. The monoisotopic (exact) mass is 370 g/mol. The van der Waals surface area contributed by atoms with Gasteiger partial charge in [-0.1, -0.05) is 6.92 Å². The van der Waals surface area contributed by atoms with Gasteiger partial charge in [-0.3, -0.25) is 14.8 Å². The van der Waals surface area contributed by atoms with Crippen LogP contribution in [0.3, 0.4) is 0 Å². The van der Waals surface area contributed by atoms with Crippen LogP contribution in [0.4, 0.5) is 11.4 Å². The first-order chi connectivity index (χ1) is 8.75. The van der Waals surface area contributed by atoms with Crippen molar-refractivity contribution in [1.82, 2.24) is 0 Å². The molecule has 9 heteroatoms. The first-order valence-electron chi connectivity index (χ1n) is 5.25. The van der Waals surface area contributed by atoms with Crippen molar-refractivity contribution >= 4 is 48.9 Å². The number of alkyl halides is 1. The van der Waals surface area contributed by atoms with E-state index >= 15 is 0 Å². The van der Waals surface area contributed by atoms with E-state index < -0.39 is 14.9 Å². The SMILES string of the molecule is CC(CCl)CS(=O)(=O)Nc1ccc(Br)c([N+](=O)[O-])c1. The molecule has 0 fully saturated rings. The number of nitro groups is 1. The van der Waals surface area contributed by atoms with Crippen molar-refractivity contribution in [3.8, 4) is 0 Å². The second-order valence-electron chi connectivity index (χ2n) is 4.07. The fourth-order valence-electron chi connectivity index (χ4n) is 1.36. The summed E-state index contributed by atoms with van der Waals surface area (Å²) in [4.78, 5) is 10.2. The Kier molecular flexibility index (Phi) is 5.57. The van der Waals surface area contributed by atoms with Crippen LogP contribution >= 0.6 is 27.5 Å². The maximum absolute atomic E-state index is 11.8. The van der Waals surface area contributed by atoms with Crippen molar-refractivity contribution in [1.29, 1.82) is 0 Å². The van der Waals surface area contributed by atoms with E-state index in [2.05, 4.69) is 20.7 Å². The first kappa shape index (κ1) is 16.2. The first-order valence-corrected chi connectivity index (χ1v) is 8.23. The Balaban J connectivity index is 2.94. The summed E-state index contributed by atoms with van der Waals surface area (Å²) in [7, 11) is -3.57. The maximum atomic E-state index is 11.8. The molecular weight excluding hydrogens is 360 g/mol. The van der Waals surface area contributed by atoms with E-state index in [1.807, 2.05) is 0 Å². The third kappa shape index (κ3) is 4.96. The van der Waals surface area contributed by atoms with Crippen LogP contribution in [0.5, 0.6) is 0 Å². The summed E-state index contributed by atoms with van der Waals surface area (Å²) >= 11 is 8.59. The number of sulfonamides is 1. The summed E-state index contributed by atoms with van der Waals surface area (Å²) in [5.74, 6) is -0.119. The molecule has 1 N–H and O–H groups in total. The van der Waals surface area contributed by atoms with Crippen LogP contribution in [0.2, 0.25) is 0 Å². The maximum Gasteiger partial charge on any atom is 0.285 e. The average molecular weight is 372 g/mol. The minimum absolute atomic E-state index is 0.139. The van der Waals surface area contributed by atoms with Gasteiger partial charge in [0.05, 0.1) is 20.8 Å². The molecule has 0 aliphatic rings. The molecule has 1 unspecified atom stereocenters. The molecule has 0 aromatic heterocycles. The molecule has 0 aliphatic heterocycles. The lowest BCUT2D eigenvalue weighted by atomic mass is 10.3. The third-order valence-corrected chi connectivity index (χ3v) is 4.94. The Morgan fingerprint density at radius 2 is 2.16 bits per heavy atom. The summed E-state index contributed by atoms with van der Waals surface area (Å²) in [6.45, 7) is 1.70. The van der Waals surface area contributed by atoms with E-state index in [1.54, 1.807) is 6.92 Å². The molecule has 0 radical (unpaired) electrons. The lowest BCUT2D eigenvalue weighted by molar-refractivity contribution is -0.385. The highest BCUT2D eigenvalue weighted by Gasteiger charge is 2.18. The lowest BCUT2D eigenvalue weighted by Crippen LogP contribution is -2.22. The molecule has 1 rings (SSSR count). The number of nitrogens with zero attached hydrogens (tertiary/aromatic N) is 1. The molecule has 0 saturated heterocycles. The molecule has 6 nitrogen and oxygen atoms in total. The number of halogens is 2. The molecule has 0 spiro atoms. The molecule has 0 heterocycles. The van der Waals surface area contributed by atoms with E-state index in [0.29, 0.717) is 0 Å². The van der Waals surface area contributed by atoms with E-state index in [9.17, 15) is 18.5 Å². The van der Waals surface area contributed by atoms with Crippen LogP contribution in [0.1, 0.15) is 6.92 Å². The van der Waals surface area contributed by atoms with E-state index in [0.717, 1.165) is 6.07 Å². The summed E-state index contributed by atoms with van der Waals surface area (Å²) in [6, 6.07) is 4.02. The van der Waals surface area contributed by atoms with Gasteiger partial charge in [0, 0.05) is 11.9 Å². The Labute approximate surface area is 124 Å². The van der Waals surface area contributed by atoms with Gasteiger partial charge in [0.2, 0.25) is 10.0 Å². The highest BCUT2D eigenvalue weighted by Crippen LogP contribution is 2.28. The second-order valence-corrected chi connectivity index (χ2v) is 7.00. The quantitative estimate of drug-likeness (QED) is 0.473. The van der Waals surface area contributed by atoms with Gasteiger partial charge in [-0.25, -0.2) is 8.42 Å². The molecule has 19 heavy (non-hydrogen) atoms. The van der Waals surface area contributed by atoms with Crippen molar-refractivity contribution < 1.29 is 13.3 Å². The molecule has 0 saturated carbocycles. The topological polar surface area (TPSA) is 89.3 Å². The van der Waals surface area contributed by atoms with Gasteiger partial charge in [-0.2, -0.15) is 0 Å². The van der Waals surface area contributed by atoms with Gasteiger partial charge in [0.15, 0.2) is 0 Å². The van der Waals surface area contributed by atoms with Crippen LogP contribution in [-0.4, -0.2) is 25.0 Å². The minimum Gasteiger partial charge on any atom is -0.283 e. The third-order valence-electron chi connectivity index (χ3n) is 2.18. The normalized spacial score (nSPS) is 13.0. The Morgan fingerprint density at radius 3 is 2.68 bits per heavy atom. The Morgan fingerprint density at radius 1 is 1.53 bits per heavy atom. The predicted octanol–water partition coefficient (Wildman–Crippen LogP) is 2.97. The standard InChI is InChI=1S/C10H12BrClN2O4S/c1-7(5-12)6-19(17,18)13-8-2-3-9(11)10(4-8)14(15)16/h2-4,7,13H,5-6H2,1H3. The number of rotatable bonds is 6. The van der Waals surface area contributed by atoms with Gasteiger partial charge in [0.25, 0.3) is 5.69 Å². The number of hydrogen-bond acceptors (Lipinski definition) is 4. The second kappa shape index (κ2) is 6.53. The van der Waals surface area contributed by atoms with E-state index in [4.69, 9.17) is 11.6 Å². The molecule has 0 bridgehead atoms. The fourth-order valence-corrected chi connectivity index (χ4v) is 3.42. The zero-order chi connectivity index (χ0) is 14.6. The highest BCUT2D eigenvalue weighted by molar-refractivity contribution is 9.10. The van der Waals surface area contributed by atoms with Gasteiger partial charge < -0.3 is 0 Å². The largest absolute Gasteiger partial charge is 0.285 e. The molecule has 1 aromatic carbocycles. The molecule has 1 aromatic rings. The molecular formula is C10H12BrClN2O4S. The summed E-state index contributed by atoms with van der Waals surface area (Å²) in [6.07, 6.45) is 0. The van der Waals surface area contributed by atoms with Gasteiger partial charge >= 0.3 is 0 Å². The highest BCUT2D eigenvalue weighted by atomic mass is 79.9. The summed E-state index contributed by atoms with van der Waals surface area (Å²) in [5.41, 5.74) is -0.0535. The molecule has 1 atom stereocenters. The number of anilines is 1. The van der Waals surface area contributed by atoms with Crippen LogP contribution in [0.15, 0.2) is 22.7 Å². The van der Waals surface area contributed by atoms with Gasteiger partial charge in [0.1, 0.15) is 0 Å². The van der Waals surface area contributed by atoms with Crippen LogP contribution < -0.4 is 4.72 Å². The molecule has 106 valence electrons. The average Bonchev–Trinajstić information content (AvgIpc) is 2.30. The lowest BCUT2D eigenvalue weighted by Gasteiger charge is -2.11. The van der Waals surface area contributed by atoms with Crippen molar-refractivity contribution in [2.24, 2.45) is 5.92 Å². The Bertz CT molecular complexity index is 579. The van der Waals surface area contributed by atoms with Crippen LogP contribution in [0.25, 0.3) is 0 Å². The van der Waals surface area contributed by atoms with E-state index in [1.165, 1.54) is 12.1 Å². The minimum atomic E-state index is -3.57. The summed E-state index contributed by atoms with van der Waals surface area (Å²) < 4.78 is 26.1. The van der Waals surface area contributed by atoms with Crippen LogP contribution in [0, 0.1) is 16.0 Å². The molecule has 0 aliphatic carbocycles. The fraction of sp³-hybridized carbons (Fsp3) is 0.400. The van der Waals surface area contributed by atoms with Crippen molar-refractivity contribution in [2.75, 3.05) is 16.4 Å². The predicted molar refractivity (Wildman–Crippen MR) is 78.1 cm³/mol. The van der Waals surface area contributed by atoms with Crippen molar-refractivity contribution in [3.63, 3.8) is 0 Å². The zero-order valence-corrected chi connectivity index (χ0v) is 13.1. The van der Waals surface area contributed by atoms with Crippen molar-refractivity contribution in [2.45, 2.75) is 6.92 Å². The Hall–Kier alpha value is -0.860. The number of hydrogen-bond donors (Lipinski definition) is 1. The smallest absolute Gasteiger partial charge is 0.283 e. The zero-order valence-electron chi connectivity index (χ0n) is 9.97. The van der Waals surface area contributed by atoms with Crippen molar-refractivity contribution in [3.05, 3.63) is 32.8 Å². The van der Waals surface area contributed by atoms with Crippen LogP contribution in [-0.2, 0) is 10.0 Å². The van der Waals surface area contributed by atoms with Gasteiger partial charge in [-0.15, -0.1) is 11.6 Å². The van der Waals surface area contributed by atoms with E-state index in [-0.39, 0.29) is 33.4 Å². The number of benzene rings is 1. The summed E-state index contributed by atoms with van der Waals surface area (Å²) in [5, 5.41) is 10.7. The van der Waals surface area contributed by atoms with Gasteiger partial charge in [-0.05, 0) is 34.0 Å². The number of nitrogens with one attached hydrogen (secondary N) is 1.